The number of thiazole rings is 1. The Kier molecular flexibility index (Phi) is 6.40. The Morgan fingerprint density at radius 2 is 1.77 bits per heavy atom. The molecule has 3 aromatic rings. The van der Waals surface area contributed by atoms with E-state index >= 15 is 0 Å². The second kappa shape index (κ2) is 9.36. The van der Waals surface area contributed by atoms with Crippen LogP contribution in [0.15, 0.2) is 53.9 Å². The lowest BCUT2D eigenvalue weighted by Gasteiger charge is -2.34. The molecule has 2 heterocycles. The van der Waals surface area contributed by atoms with Crippen molar-refractivity contribution in [3.63, 3.8) is 0 Å². The number of hydrogen-bond donors (Lipinski definition) is 0. The third-order valence-electron chi connectivity index (χ3n) is 5.27. The van der Waals surface area contributed by atoms with E-state index in [1.807, 2.05) is 29.2 Å². The summed E-state index contributed by atoms with van der Waals surface area (Å²) in [5.74, 6) is 0.649. The summed E-state index contributed by atoms with van der Waals surface area (Å²) in [5, 5.41) is 3.10. The number of nitrogens with zero attached hydrogens (tertiary/aromatic N) is 3. The van der Waals surface area contributed by atoms with Crippen molar-refractivity contribution in [3.05, 3.63) is 71.0 Å². The van der Waals surface area contributed by atoms with Crippen molar-refractivity contribution in [2.45, 2.75) is 13.0 Å². The fourth-order valence-corrected chi connectivity index (χ4v) is 4.34. The van der Waals surface area contributed by atoms with Gasteiger partial charge in [-0.05, 0) is 42.0 Å². The molecule has 0 saturated carbocycles. The maximum atomic E-state index is 13.0. The summed E-state index contributed by atoms with van der Waals surface area (Å²) in [6.07, 6.45) is 0.317. The minimum atomic E-state index is -0.281. The first-order valence-corrected chi connectivity index (χ1v) is 10.8. The molecule has 0 aliphatic carbocycles. The molecular weight excluding hydrogens is 401 g/mol. The van der Waals surface area contributed by atoms with E-state index < -0.39 is 0 Å². The minimum absolute atomic E-state index is 0.0942. The zero-order valence-corrected chi connectivity index (χ0v) is 17.7. The van der Waals surface area contributed by atoms with Gasteiger partial charge in [0.05, 0.1) is 19.2 Å². The predicted molar refractivity (Wildman–Crippen MR) is 116 cm³/mol. The van der Waals surface area contributed by atoms with E-state index in [1.165, 1.54) is 12.1 Å². The molecule has 7 heteroatoms. The highest BCUT2D eigenvalue weighted by Crippen LogP contribution is 2.26. The molecule has 0 N–H and O–H groups in total. The molecule has 2 aromatic carbocycles. The van der Waals surface area contributed by atoms with Crippen LogP contribution in [0.3, 0.4) is 0 Å². The highest BCUT2D eigenvalue weighted by molar-refractivity contribution is 7.13. The van der Waals surface area contributed by atoms with Crippen molar-refractivity contribution in [1.82, 2.24) is 14.8 Å². The van der Waals surface area contributed by atoms with Crippen LogP contribution < -0.4 is 4.74 Å². The number of piperazine rings is 1. The second-order valence-corrected chi connectivity index (χ2v) is 8.19. The second-order valence-electron chi connectivity index (χ2n) is 7.33. The van der Waals surface area contributed by atoms with Crippen LogP contribution in [0.1, 0.15) is 11.3 Å². The van der Waals surface area contributed by atoms with Crippen molar-refractivity contribution >= 4 is 17.2 Å². The molecule has 0 bridgehead atoms. The fourth-order valence-electron chi connectivity index (χ4n) is 3.52. The molecule has 1 saturated heterocycles. The summed E-state index contributed by atoms with van der Waals surface area (Å²) in [6, 6.07) is 14.1. The van der Waals surface area contributed by atoms with Gasteiger partial charge in [-0.3, -0.25) is 9.69 Å². The molecule has 156 valence electrons. The Balaban J connectivity index is 1.28. The minimum Gasteiger partial charge on any atom is -0.497 e. The third kappa shape index (κ3) is 5.04. The first-order valence-electron chi connectivity index (χ1n) is 9.94. The first-order chi connectivity index (χ1) is 14.6. The number of amides is 1. The molecule has 1 aliphatic rings. The smallest absolute Gasteiger partial charge is 0.227 e. The zero-order chi connectivity index (χ0) is 20.9. The molecular formula is C23H24FN3O2S. The monoisotopic (exact) mass is 425 g/mol. The summed E-state index contributed by atoms with van der Waals surface area (Å²) in [6.45, 7) is 3.84. The lowest BCUT2D eigenvalue weighted by Crippen LogP contribution is -2.48. The number of benzene rings is 2. The SMILES string of the molecule is COc1ccc(-c2nc(CN3CCN(C(=O)Cc4ccc(F)cc4)CC3)cs2)cc1. The average Bonchev–Trinajstić information content (AvgIpc) is 3.24. The van der Waals surface area contributed by atoms with Gasteiger partial charge < -0.3 is 9.64 Å². The number of carbonyl (C=O) groups excluding carboxylic acids is 1. The van der Waals surface area contributed by atoms with E-state index in [2.05, 4.69) is 10.3 Å². The lowest BCUT2D eigenvalue weighted by molar-refractivity contribution is -0.132. The number of carbonyl (C=O) groups is 1. The normalized spacial score (nSPS) is 14.7. The van der Waals surface area contributed by atoms with Gasteiger partial charge in [-0.15, -0.1) is 11.3 Å². The number of aromatic nitrogens is 1. The number of rotatable bonds is 6. The molecule has 0 unspecified atom stereocenters. The molecule has 5 nitrogen and oxygen atoms in total. The average molecular weight is 426 g/mol. The third-order valence-corrected chi connectivity index (χ3v) is 6.21. The van der Waals surface area contributed by atoms with E-state index in [-0.39, 0.29) is 11.7 Å². The van der Waals surface area contributed by atoms with Crippen LogP contribution in [0.4, 0.5) is 4.39 Å². The van der Waals surface area contributed by atoms with E-state index in [0.717, 1.165) is 47.2 Å². The van der Waals surface area contributed by atoms with E-state index in [0.29, 0.717) is 19.5 Å². The molecule has 0 radical (unpaired) electrons. The van der Waals surface area contributed by atoms with Crippen LogP contribution >= 0.6 is 11.3 Å². The predicted octanol–water partition coefficient (Wildman–Crippen LogP) is 3.84. The molecule has 1 aliphatic heterocycles. The van der Waals surface area contributed by atoms with E-state index in [4.69, 9.17) is 9.72 Å². The van der Waals surface area contributed by atoms with E-state index in [9.17, 15) is 9.18 Å². The van der Waals surface area contributed by atoms with Crippen LogP contribution in [0.2, 0.25) is 0 Å². The van der Waals surface area contributed by atoms with Crippen molar-refractivity contribution in [2.75, 3.05) is 33.3 Å². The standard InChI is InChI=1S/C23H24FN3O2S/c1-29-21-8-4-18(5-9-21)23-25-20(16-30-23)15-26-10-12-27(13-11-26)22(28)14-17-2-6-19(24)7-3-17/h2-9,16H,10-15H2,1H3. The topological polar surface area (TPSA) is 45.7 Å². The van der Waals surface area contributed by atoms with Gasteiger partial charge >= 0.3 is 0 Å². The van der Waals surface area contributed by atoms with Crippen LogP contribution in [0, 0.1) is 5.82 Å². The van der Waals surface area contributed by atoms with Gasteiger partial charge in [-0.25, -0.2) is 9.37 Å². The molecule has 0 atom stereocenters. The van der Waals surface area contributed by atoms with Gasteiger partial charge in [0.15, 0.2) is 0 Å². The van der Waals surface area contributed by atoms with Crippen LogP contribution in [-0.4, -0.2) is 54.0 Å². The highest BCUT2D eigenvalue weighted by Gasteiger charge is 2.22. The molecule has 1 aromatic heterocycles. The maximum Gasteiger partial charge on any atom is 0.227 e. The molecule has 1 fully saturated rings. The number of hydrogen-bond acceptors (Lipinski definition) is 5. The van der Waals surface area contributed by atoms with Crippen molar-refractivity contribution in [3.8, 4) is 16.3 Å². The largest absolute Gasteiger partial charge is 0.497 e. The quantitative estimate of drug-likeness (QED) is 0.602. The Bertz CT molecular complexity index is 980. The zero-order valence-electron chi connectivity index (χ0n) is 16.9. The van der Waals surface area contributed by atoms with Gasteiger partial charge in [0.2, 0.25) is 5.91 Å². The molecule has 30 heavy (non-hydrogen) atoms. The summed E-state index contributed by atoms with van der Waals surface area (Å²) in [7, 11) is 1.66. The van der Waals surface area contributed by atoms with Crippen LogP contribution in [0.5, 0.6) is 5.75 Å². The van der Waals surface area contributed by atoms with E-state index in [1.54, 1.807) is 30.6 Å². The Morgan fingerprint density at radius 3 is 2.43 bits per heavy atom. The van der Waals surface area contributed by atoms with Crippen LogP contribution in [-0.2, 0) is 17.8 Å². The maximum absolute atomic E-state index is 13.0. The van der Waals surface area contributed by atoms with Gasteiger partial charge in [-0.2, -0.15) is 0 Å². The van der Waals surface area contributed by atoms with Crippen molar-refractivity contribution in [1.29, 1.82) is 0 Å². The van der Waals surface area contributed by atoms with Crippen molar-refractivity contribution < 1.29 is 13.9 Å². The van der Waals surface area contributed by atoms with Gasteiger partial charge in [-0.1, -0.05) is 12.1 Å². The first kappa shape index (κ1) is 20.5. The van der Waals surface area contributed by atoms with Gasteiger partial charge in [0.25, 0.3) is 0 Å². The summed E-state index contributed by atoms with van der Waals surface area (Å²) in [5.41, 5.74) is 2.98. The number of halogens is 1. The molecule has 1 amide bonds. The summed E-state index contributed by atoms with van der Waals surface area (Å²) in [4.78, 5) is 21.5. The fraction of sp³-hybridized carbons (Fsp3) is 0.304. The summed E-state index contributed by atoms with van der Waals surface area (Å²) >= 11 is 1.64. The Labute approximate surface area is 179 Å². The Morgan fingerprint density at radius 1 is 1.07 bits per heavy atom. The molecule has 4 rings (SSSR count). The number of ether oxygens (including phenoxy) is 1. The van der Waals surface area contributed by atoms with Crippen LogP contribution in [0.25, 0.3) is 10.6 Å². The summed E-state index contributed by atoms with van der Waals surface area (Å²) < 4.78 is 18.2. The highest BCUT2D eigenvalue weighted by atomic mass is 32.1. The van der Waals surface area contributed by atoms with Crippen molar-refractivity contribution in [2.24, 2.45) is 0 Å². The molecule has 0 spiro atoms. The number of methoxy groups -OCH3 is 1. The lowest BCUT2D eigenvalue weighted by atomic mass is 10.1. The Hall–Kier alpha value is -2.77. The van der Waals surface area contributed by atoms with Gasteiger partial charge in [0, 0.05) is 43.7 Å². The van der Waals surface area contributed by atoms with Gasteiger partial charge in [0.1, 0.15) is 16.6 Å².